The van der Waals surface area contributed by atoms with Gasteiger partial charge in [0.25, 0.3) is 0 Å². The lowest BCUT2D eigenvalue weighted by Gasteiger charge is -2.11. The number of carbonyl (C=O) groups is 1. The second-order valence-corrected chi connectivity index (χ2v) is 4.99. The van der Waals surface area contributed by atoms with Crippen molar-refractivity contribution < 1.29 is 23.0 Å². The Hall–Kier alpha value is -2.22. The van der Waals surface area contributed by atoms with Gasteiger partial charge in [-0.15, -0.1) is 0 Å². The normalized spacial score (nSPS) is 10.4. The van der Waals surface area contributed by atoms with Crippen molar-refractivity contribution in [2.24, 2.45) is 0 Å². The summed E-state index contributed by atoms with van der Waals surface area (Å²) in [5, 5.41) is 2.31. The molecule has 0 unspecified atom stereocenters. The van der Waals surface area contributed by atoms with Crippen LogP contribution in [0.25, 0.3) is 0 Å². The summed E-state index contributed by atoms with van der Waals surface area (Å²) >= 11 is 3.13. The number of nitrogens with one attached hydrogen (secondary N) is 1. The van der Waals surface area contributed by atoms with Crippen LogP contribution in [-0.4, -0.2) is 17.7 Å². The maximum Gasteiger partial charge on any atom is 0.412 e. The molecule has 0 saturated carbocycles. The van der Waals surface area contributed by atoms with E-state index in [1.807, 2.05) is 18.2 Å². The van der Waals surface area contributed by atoms with Crippen LogP contribution in [0.1, 0.15) is 5.56 Å². The average molecular weight is 373 g/mol. The van der Waals surface area contributed by atoms with E-state index in [4.69, 9.17) is 4.74 Å². The van der Waals surface area contributed by atoms with E-state index in [9.17, 15) is 13.6 Å². The molecule has 0 aliphatic rings. The first-order chi connectivity index (χ1) is 10.5. The molecule has 5 nitrogen and oxygen atoms in total. The van der Waals surface area contributed by atoms with Gasteiger partial charge in [0.2, 0.25) is 5.88 Å². The molecule has 1 amide bonds. The molecule has 2 aromatic rings. The number of benzene rings is 1. The molecule has 1 aromatic carbocycles. The number of halogens is 3. The molecule has 116 valence electrons. The number of rotatable bonds is 5. The van der Waals surface area contributed by atoms with Crippen LogP contribution in [0.3, 0.4) is 0 Å². The minimum absolute atomic E-state index is 0.0206. The van der Waals surface area contributed by atoms with Crippen molar-refractivity contribution in [3.05, 3.63) is 52.6 Å². The van der Waals surface area contributed by atoms with Crippen molar-refractivity contribution in [3.63, 3.8) is 0 Å². The highest BCUT2D eigenvalue weighted by atomic mass is 79.9. The third-order valence-electron chi connectivity index (χ3n) is 2.47. The largest absolute Gasteiger partial charge is 0.444 e. The summed E-state index contributed by atoms with van der Waals surface area (Å²) in [6, 6.07) is 10.4. The van der Waals surface area contributed by atoms with Crippen LogP contribution in [0, 0.1) is 0 Å². The molecule has 0 radical (unpaired) electrons. The smallest absolute Gasteiger partial charge is 0.412 e. The molecule has 2 rings (SSSR count). The van der Waals surface area contributed by atoms with Gasteiger partial charge in [-0.2, -0.15) is 8.78 Å². The van der Waals surface area contributed by atoms with Gasteiger partial charge in [0.1, 0.15) is 12.3 Å². The monoisotopic (exact) mass is 372 g/mol. The average Bonchev–Trinajstić information content (AvgIpc) is 2.49. The maximum absolute atomic E-state index is 12.3. The zero-order valence-corrected chi connectivity index (χ0v) is 12.7. The van der Waals surface area contributed by atoms with Crippen LogP contribution >= 0.6 is 15.9 Å². The van der Waals surface area contributed by atoms with Crippen molar-refractivity contribution in [3.8, 4) is 5.88 Å². The molecular formula is C14H11BrF2N2O3. The SMILES string of the molecule is O=C(Nc1cc(Br)cnc1OC(F)F)OCc1ccccc1. The Labute approximate surface area is 133 Å². The fourth-order valence-electron chi connectivity index (χ4n) is 1.56. The van der Waals surface area contributed by atoms with Gasteiger partial charge in [-0.05, 0) is 27.6 Å². The van der Waals surface area contributed by atoms with Gasteiger partial charge in [-0.1, -0.05) is 30.3 Å². The Bertz CT molecular complexity index is 641. The van der Waals surface area contributed by atoms with Crippen LogP contribution in [0.2, 0.25) is 0 Å². The molecular weight excluding hydrogens is 362 g/mol. The first-order valence-corrected chi connectivity index (χ1v) is 6.92. The molecule has 1 aromatic heterocycles. The number of ether oxygens (including phenoxy) is 2. The molecule has 0 aliphatic heterocycles. The van der Waals surface area contributed by atoms with Gasteiger partial charge in [-0.3, -0.25) is 5.32 Å². The van der Waals surface area contributed by atoms with Crippen molar-refractivity contribution in [1.82, 2.24) is 4.98 Å². The number of anilines is 1. The highest BCUT2D eigenvalue weighted by Gasteiger charge is 2.14. The van der Waals surface area contributed by atoms with Gasteiger partial charge >= 0.3 is 12.7 Å². The molecule has 1 N–H and O–H groups in total. The van der Waals surface area contributed by atoms with Crippen LogP contribution in [-0.2, 0) is 11.3 Å². The first-order valence-electron chi connectivity index (χ1n) is 6.12. The van der Waals surface area contributed by atoms with Gasteiger partial charge in [0.15, 0.2) is 0 Å². The fraction of sp³-hybridized carbons (Fsp3) is 0.143. The molecule has 0 spiro atoms. The van der Waals surface area contributed by atoms with E-state index in [0.29, 0.717) is 4.47 Å². The molecule has 0 saturated heterocycles. The Morgan fingerprint density at radius 3 is 2.73 bits per heavy atom. The van der Waals surface area contributed by atoms with E-state index in [2.05, 4.69) is 31.0 Å². The summed E-state index contributed by atoms with van der Waals surface area (Å²) in [4.78, 5) is 15.4. The lowest BCUT2D eigenvalue weighted by molar-refractivity contribution is -0.0523. The van der Waals surface area contributed by atoms with Crippen molar-refractivity contribution in [1.29, 1.82) is 0 Å². The molecule has 22 heavy (non-hydrogen) atoms. The summed E-state index contributed by atoms with van der Waals surface area (Å²) in [5.41, 5.74) is 0.779. The van der Waals surface area contributed by atoms with Crippen molar-refractivity contribution in [2.45, 2.75) is 13.2 Å². The Kier molecular flexibility index (Phi) is 5.65. The minimum Gasteiger partial charge on any atom is -0.444 e. The topological polar surface area (TPSA) is 60.5 Å². The second kappa shape index (κ2) is 7.69. The number of aromatic nitrogens is 1. The number of hydrogen-bond donors (Lipinski definition) is 1. The number of nitrogens with zero attached hydrogens (tertiary/aromatic N) is 1. The summed E-state index contributed by atoms with van der Waals surface area (Å²) in [6.07, 6.45) is 0.473. The fourth-order valence-corrected chi connectivity index (χ4v) is 1.90. The summed E-state index contributed by atoms with van der Waals surface area (Å²) in [7, 11) is 0. The van der Waals surface area contributed by atoms with Crippen LogP contribution in [0.5, 0.6) is 5.88 Å². The predicted molar refractivity (Wildman–Crippen MR) is 78.8 cm³/mol. The standard InChI is InChI=1S/C14H11BrF2N2O3/c15-10-6-11(12(18-7-10)22-13(16)17)19-14(20)21-8-9-4-2-1-3-5-9/h1-7,13H,8H2,(H,19,20). The summed E-state index contributed by atoms with van der Waals surface area (Å²) in [5.74, 6) is -0.394. The highest BCUT2D eigenvalue weighted by molar-refractivity contribution is 9.10. The summed E-state index contributed by atoms with van der Waals surface area (Å²) < 4.78 is 34.3. The highest BCUT2D eigenvalue weighted by Crippen LogP contribution is 2.26. The van der Waals surface area contributed by atoms with Gasteiger partial charge in [0.05, 0.1) is 0 Å². The minimum atomic E-state index is -3.05. The van der Waals surface area contributed by atoms with Gasteiger partial charge in [0, 0.05) is 10.7 Å². The lowest BCUT2D eigenvalue weighted by Crippen LogP contribution is -2.15. The molecule has 0 bridgehead atoms. The predicted octanol–water partition coefficient (Wildman–Crippen LogP) is 4.19. The maximum atomic E-state index is 12.3. The summed E-state index contributed by atoms with van der Waals surface area (Å²) in [6.45, 7) is -2.99. The zero-order chi connectivity index (χ0) is 15.9. The quantitative estimate of drug-likeness (QED) is 0.854. The second-order valence-electron chi connectivity index (χ2n) is 4.07. The zero-order valence-electron chi connectivity index (χ0n) is 11.1. The first kappa shape index (κ1) is 16.2. The van der Waals surface area contributed by atoms with Crippen LogP contribution in [0.15, 0.2) is 47.1 Å². The number of carbonyl (C=O) groups excluding carboxylic acids is 1. The van der Waals surface area contributed by atoms with E-state index in [1.54, 1.807) is 12.1 Å². The van der Waals surface area contributed by atoms with Crippen LogP contribution < -0.4 is 10.1 Å². The van der Waals surface area contributed by atoms with Gasteiger partial charge in [-0.25, -0.2) is 9.78 Å². The molecule has 0 fully saturated rings. The van der Waals surface area contributed by atoms with Crippen molar-refractivity contribution in [2.75, 3.05) is 5.32 Å². The Morgan fingerprint density at radius 2 is 2.05 bits per heavy atom. The number of amides is 1. The van der Waals surface area contributed by atoms with E-state index in [1.165, 1.54) is 12.3 Å². The number of pyridine rings is 1. The Morgan fingerprint density at radius 1 is 1.32 bits per heavy atom. The van der Waals surface area contributed by atoms with Crippen LogP contribution in [0.4, 0.5) is 19.3 Å². The van der Waals surface area contributed by atoms with Crippen molar-refractivity contribution >= 4 is 27.7 Å². The third-order valence-corrected chi connectivity index (χ3v) is 2.90. The third kappa shape index (κ3) is 4.96. The lowest BCUT2D eigenvalue weighted by atomic mass is 10.2. The van der Waals surface area contributed by atoms with Gasteiger partial charge < -0.3 is 9.47 Å². The van der Waals surface area contributed by atoms with E-state index < -0.39 is 18.6 Å². The number of alkyl halides is 2. The molecule has 1 heterocycles. The number of hydrogen-bond acceptors (Lipinski definition) is 4. The molecule has 8 heteroatoms. The van der Waals surface area contributed by atoms with E-state index in [0.717, 1.165) is 5.56 Å². The van der Waals surface area contributed by atoms with E-state index in [-0.39, 0.29) is 12.3 Å². The molecule has 0 atom stereocenters. The molecule has 0 aliphatic carbocycles. The van der Waals surface area contributed by atoms with E-state index >= 15 is 0 Å². The Balaban J connectivity index is 2.00.